The summed E-state index contributed by atoms with van der Waals surface area (Å²) in [7, 11) is 0. The summed E-state index contributed by atoms with van der Waals surface area (Å²) < 4.78 is 0. The van der Waals surface area contributed by atoms with Crippen LogP contribution in [0.5, 0.6) is 0 Å². The zero-order chi connectivity index (χ0) is 13.8. The van der Waals surface area contributed by atoms with Crippen molar-refractivity contribution < 1.29 is 9.59 Å². The normalized spacial score (nSPS) is 20.3. The van der Waals surface area contributed by atoms with Crippen molar-refractivity contribution in [2.24, 2.45) is 0 Å². The van der Waals surface area contributed by atoms with Gasteiger partial charge in [-0.25, -0.2) is 0 Å². The first-order chi connectivity index (χ1) is 9.15. The number of rotatable bonds is 4. The van der Waals surface area contributed by atoms with Gasteiger partial charge in [0, 0.05) is 17.8 Å². The average Bonchev–Trinajstić information content (AvgIpc) is 2.81. The van der Waals surface area contributed by atoms with Crippen LogP contribution in [0.2, 0.25) is 0 Å². The van der Waals surface area contributed by atoms with E-state index in [4.69, 9.17) is 0 Å². The molecule has 1 aliphatic rings. The molecule has 19 heavy (non-hydrogen) atoms. The molecule has 0 spiro atoms. The highest BCUT2D eigenvalue weighted by Gasteiger charge is 2.28. The molecule has 1 N–H and O–H groups in total. The molecule has 1 aromatic rings. The second-order valence-corrected chi connectivity index (χ2v) is 5.76. The first-order valence-corrected chi connectivity index (χ1v) is 7.67. The molecule has 2 amide bonds. The van der Waals surface area contributed by atoms with Crippen molar-refractivity contribution in [1.82, 2.24) is 10.2 Å². The van der Waals surface area contributed by atoms with Crippen LogP contribution in [0.25, 0.3) is 0 Å². The molecule has 4 nitrogen and oxygen atoms in total. The Hall–Kier alpha value is -1.36. The molecule has 1 aliphatic heterocycles. The maximum absolute atomic E-state index is 12.4. The Morgan fingerprint density at radius 3 is 2.89 bits per heavy atom. The molecule has 0 aromatic carbocycles. The molecule has 2 heterocycles. The van der Waals surface area contributed by atoms with Gasteiger partial charge in [-0.2, -0.15) is 0 Å². The van der Waals surface area contributed by atoms with Gasteiger partial charge in [0.15, 0.2) is 0 Å². The van der Waals surface area contributed by atoms with Crippen LogP contribution in [0, 0.1) is 0 Å². The first-order valence-electron chi connectivity index (χ1n) is 6.79. The van der Waals surface area contributed by atoms with Crippen LogP contribution in [0.1, 0.15) is 37.1 Å². The molecule has 0 radical (unpaired) electrons. The van der Waals surface area contributed by atoms with Gasteiger partial charge in [0.1, 0.15) is 6.04 Å². The number of aryl methyl sites for hydroxylation is 1. The van der Waals surface area contributed by atoms with E-state index >= 15 is 0 Å². The van der Waals surface area contributed by atoms with Crippen molar-refractivity contribution in [3.63, 3.8) is 0 Å². The van der Waals surface area contributed by atoms with Crippen LogP contribution in [0.4, 0.5) is 0 Å². The van der Waals surface area contributed by atoms with Crippen molar-refractivity contribution in [2.75, 3.05) is 6.54 Å². The number of amides is 2. The molecule has 104 valence electrons. The monoisotopic (exact) mass is 280 g/mol. The van der Waals surface area contributed by atoms with Crippen LogP contribution in [0.3, 0.4) is 0 Å². The Labute approximate surface area is 117 Å². The molecule has 1 atom stereocenters. The summed E-state index contributed by atoms with van der Waals surface area (Å²) in [5, 5.41) is 4.86. The average molecular weight is 280 g/mol. The third-order valence-electron chi connectivity index (χ3n) is 3.52. The van der Waals surface area contributed by atoms with Crippen molar-refractivity contribution in [3.05, 3.63) is 21.9 Å². The van der Waals surface area contributed by atoms with Gasteiger partial charge in [-0.05, 0) is 29.9 Å². The molecule has 5 heteroatoms. The predicted molar refractivity (Wildman–Crippen MR) is 76.0 cm³/mol. The van der Waals surface area contributed by atoms with Gasteiger partial charge in [-0.3, -0.25) is 9.59 Å². The summed E-state index contributed by atoms with van der Waals surface area (Å²) in [5.74, 6) is 0.0217. The number of carbonyl (C=O) groups is 2. The van der Waals surface area contributed by atoms with Crippen molar-refractivity contribution in [3.8, 4) is 0 Å². The van der Waals surface area contributed by atoms with E-state index in [9.17, 15) is 9.59 Å². The Morgan fingerprint density at radius 2 is 2.21 bits per heavy atom. The highest BCUT2D eigenvalue weighted by Crippen LogP contribution is 2.21. The summed E-state index contributed by atoms with van der Waals surface area (Å²) >= 11 is 1.69. The summed E-state index contributed by atoms with van der Waals surface area (Å²) in [6.07, 6.45) is 2.02. The third-order valence-corrected chi connectivity index (χ3v) is 4.46. The molecule has 0 bridgehead atoms. The van der Waals surface area contributed by atoms with Gasteiger partial charge in [-0.1, -0.05) is 13.8 Å². The van der Waals surface area contributed by atoms with Gasteiger partial charge in [-0.15, -0.1) is 11.3 Å². The number of thiophene rings is 1. The first kappa shape index (κ1) is 14.1. The lowest BCUT2D eigenvalue weighted by Gasteiger charge is -2.23. The minimum atomic E-state index is -0.361. The van der Waals surface area contributed by atoms with E-state index in [0.717, 1.165) is 6.42 Å². The van der Waals surface area contributed by atoms with Gasteiger partial charge < -0.3 is 10.2 Å². The van der Waals surface area contributed by atoms with Crippen molar-refractivity contribution >= 4 is 23.2 Å². The van der Waals surface area contributed by atoms with Crippen LogP contribution >= 0.6 is 11.3 Å². The SMILES string of the molecule is CCc1ccsc1CN1CCC(=O)NC(CC)C1=O. The van der Waals surface area contributed by atoms with E-state index in [0.29, 0.717) is 25.9 Å². The lowest BCUT2D eigenvalue weighted by atomic mass is 10.1. The molecule has 1 aromatic heterocycles. The minimum Gasteiger partial charge on any atom is -0.344 e. The molecular weight excluding hydrogens is 260 g/mol. The quantitative estimate of drug-likeness (QED) is 0.916. The fourth-order valence-electron chi connectivity index (χ4n) is 2.32. The summed E-state index contributed by atoms with van der Waals surface area (Å²) in [6.45, 7) is 5.19. The Balaban J connectivity index is 2.14. The molecule has 0 aliphatic carbocycles. The summed E-state index contributed by atoms with van der Waals surface area (Å²) in [4.78, 5) is 27.0. The topological polar surface area (TPSA) is 49.4 Å². The van der Waals surface area contributed by atoms with Gasteiger partial charge in [0.25, 0.3) is 0 Å². The maximum Gasteiger partial charge on any atom is 0.245 e. The molecule has 2 rings (SSSR count). The second-order valence-electron chi connectivity index (χ2n) is 4.76. The molecular formula is C14H20N2O2S. The number of carbonyl (C=O) groups excluding carboxylic acids is 2. The Kier molecular flexibility index (Phi) is 4.58. The van der Waals surface area contributed by atoms with Gasteiger partial charge in [0.2, 0.25) is 11.8 Å². The second kappa shape index (κ2) is 6.19. The molecule has 1 fully saturated rings. The fraction of sp³-hybridized carbons (Fsp3) is 0.571. The fourth-order valence-corrected chi connectivity index (χ4v) is 3.31. The molecule has 1 unspecified atom stereocenters. The number of nitrogens with one attached hydrogen (secondary N) is 1. The number of hydrogen-bond donors (Lipinski definition) is 1. The highest BCUT2D eigenvalue weighted by molar-refractivity contribution is 7.10. The lowest BCUT2D eigenvalue weighted by molar-refractivity contribution is -0.134. The van der Waals surface area contributed by atoms with Gasteiger partial charge in [0.05, 0.1) is 6.54 Å². The molecule has 0 saturated carbocycles. The predicted octanol–water partition coefficient (Wildman–Crippen LogP) is 1.94. The van der Waals surface area contributed by atoms with Crippen molar-refractivity contribution in [2.45, 2.75) is 45.7 Å². The largest absolute Gasteiger partial charge is 0.344 e. The number of hydrogen-bond acceptors (Lipinski definition) is 3. The standard InChI is InChI=1S/C14H20N2O2S/c1-3-10-6-8-19-12(10)9-16-7-5-13(17)15-11(4-2)14(16)18/h6,8,11H,3-5,7,9H2,1-2H3,(H,15,17). The van der Waals surface area contributed by atoms with E-state index in [1.165, 1.54) is 10.4 Å². The maximum atomic E-state index is 12.4. The third kappa shape index (κ3) is 3.15. The Bertz CT molecular complexity index is 470. The van der Waals surface area contributed by atoms with E-state index in [1.807, 2.05) is 11.8 Å². The zero-order valence-corrected chi connectivity index (χ0v) is 12.3. The van der Waals surface area contributed by atoms with E-state index in [-0.39, 0.29) is 17.9 Å². The number of nitrogens with zero attached hydrogens (tertiary/aromatic N) is 1. The van der Waals surface area contributed by atoms with E-state index < -0.39 is 0 Å². The smallest absolute Gasteiger partial charge is 0.245 e. The van der Waals surface area contributed by atoms with Crippen molar-refractivity contribution in [1.29, 1.82) is 0 Å². The van der Waals surface area contributed by atoms with E-state index in [2.05, 4.69) is 23.7 Å². The van der Waals surface area contributed by atoms with Crippen LogP contribution < -0.4 is 5.32 Å². The van der Waals surface area contributed by atoms with Crippen LogP contribution in [-0.2, 0) is 22.6 Å². The Morgan fingerprint density at radius 1 is 1.42 bits per heavy atom. The molecule has 1 saturated heterocycles. The van der Waals surface area contributed by atoms with E-state index in [1.54, 1.807) is 11.3 Å². The van der Waals surface area contributed by atoms with Crippen LogP contribution in [0.15, 0.2) is 11.4 Å². The lowest BCUT2D eigenvalue weighted by Crippen LogP contribution is -2.43. The zero-order valence-electron chi connectivity index (χ0n) is 11.4. The summed E-state index contributed by atoms with van der Waals surface area (Å²) in [6, 6.07) is 1.75. The van der Waals surface area contributed by atoms with Crippen LogP contribution in [-0.4, -0.2) is 29.3 Å². The summed E-state index contributed by atoms with van der Waals surface area (Å²) in [5.41, 5.74) is 1.30. The highest BCUT2D eigenvalue weighted by atomic mass is 32.1. The minimum absolute atomic E-state index is 0.0235. The van der Waals surface area contributed by atoms with Gasteiger partial charge >= 0.3 is 0 Å².